The first kappa shape index (κ1) is 9.71. The monoisotopic (exact) mass is 147 g/mol. The van der Waals surface area contributed by atoms with Crippen LogP contribution < -0.4 is 0 Å². The predicted molar refractivity (Wildman–Crippen MR) is 47.9 cm³/mol. The number of hydrogen-bond donors (Lipinski definition) is 0. The van der Waals surface area contributed by atoms with Gasteiger partial charge in [-0.15, -0.1) is 0 Å². The summed E-state index contributed by atoms with van der Waals surface area (Å²) in [5.41, 5.74) is 0. The van der Waals surface area contributed by atoms with E-state index in [-0.39, 0.29) is 0 Å². The highest BCUT2D eigenvalue weighted by molar-refractivity contribution is 5.10. The maximum absolute atomic E-state index is 8.19. The molecule has 0 bridgehead atoms. The average molecular weight is 147 g/mol. The van der Waals surface area contributed by atoms with Crippen molar-refractivity contribution >= 4 is 0 Å². The molecule has 0 aromatic heterocycles. The van der Waals surface area contributed by atoms with Gasteiger partial charge in [0.25, 0.3) is 0 Å². The summed E-state index contributed by atoms with van der Waals surface area (Å²) in [5, 5.41) is 8.19. The fraction of sp³-hybridized carbons (Fsp3) is 0.300. The van der Waals surface area contributed by atoms with Gasteiger partial charge in [-0.3, -0.25) is 0 Å². The van der Waals surface area contributed by atoms with Crippen molar-refractivity contribution in [2.24, 2.45) is 0 Å². The van der Waals surface area contributed by atoms with Crippen molar-refractivity contribution in [3.8, 4) is 6.07 Å². The number of allylic oxidation sites excluding steroid dienone is 6. The summed E-state index contributed by atoms with van der Waals surface area (Å²) in [5.74, 6) is 0. The number of nitrogens with zero attached hydrogens (tertiary/aromatic N) is 1. The molecule has 0 unspecified atom stereocenters. The second-order valence-corrected chi connectivity index (χ2v) is 2.04. The van der Waals surface area contributed by atoms with Crippen molar-refractivity contribution in [3.05, 3.63) is 36.5 Å². The molecule has 0 aliphatic heterocycles. The summed E-state index contributed by atoms with van der Waals surface area (Å²) in [6, 6.07) is 2.08. The average Bonchev–Trinajstić information content (AvgIpc) is 2.03. The van der Waals surface area contributed by atoms with E-state index in [1.165, 1.54) is 0 Å². The molecule has 11 heavy (non-hydrogen) atoms. The van der Waals surface area contributed by atoms with E-state index in [1.807, 2.05) is 43.4 Å². The van der Waals surface area contributed by atoms with E-state index < -0.39 is 0 Å². The Morgan fingerprint density at radius 1 is 1.18 bits per heavy atom. The molecule has 0 rings (SSSR count). The Morgan fingerprint density at radius 3 is 2.55 bits per heavy atom. The van der Waals surface area contributed by atoms with E-state index in [0.717, 1.165) is 6.42 Å². The number of unbranched alkanes of at least 4 members (excludes halogenated alkanes) is 1. The Hall–Kier alpha value is -1.29. The zero-order chi connectivity index (χ0) is 8.36. The molecule has 0 saturated carbocycles. The summed E-state index contributed by atoms with van der Waals surface area (Å²) in [6.45, 7) is 1.98. The van der Waals surface area contributed by atoms with Gasteiger partial charge < -0.3 is 0 Å². The fourth-order valence-corrected chi connectivity index (χ4v) is 0.562. The van der Waals surface area contributed by atoms with Crippen molar-refractivity contribution in [3.63, 3.8) is 0 Å². The molecule has 0 radical (unpaired) electrons. The maximum Gasteiger partial charge on any atom is 0.0625 e. The van der Waals surface area contributed by atoms with E-state index in [9.17, 15) is 0 Å². The van der Waals surface area contributed by atoms with Crippen molar-refractivity contribution in [1.82, 2.24) is 0 Å². The Kier molecular flexibility index (Phi) is 7.69. The van der Waals surface area contributed by atoms with Crippen molar-refractivity contribution in [2.45, 2.75) is 19.8 Å². The Balaban J connectivity index is 3.37. The van der Waals surface area contributed by atoms with Crippen LogP contribution in [0.1, 0.15) is 19.8 Å². The van der Waals surface area contributed by atoms with Gasteiger partial charge in [0.15, 0.2) is 0 Å². The second-order valence-electron chi connectivity index (χ2n) is 2.04. The van der Waals surface area contributed by atoms with Crippen LogP contribution in [0.4, 0.5) is 0 Å². The van der Waals surface area contributed by atoms with Crippen LogP contribution in [-0.2, 0) is 0 Å². The van der Waals surface area contributed by atoms with E-state index in [4.69, 9.17) is 5.26 Å². The smallest absolute Gasteiger partial charge is 0.0625 e. The van der Waals surface area contributed by atoms with Crippen LogP contribution in [0.25, 0.3) is 0 Å². The summed E-state index contributed by atoms with van der Waals surface area (Å²) in [6.07, 6.45) is 13.2. The third kappa shape index (κ3) is 8.71. The molecule has 0 aromatic rings. The van der Waals surface area contributed by atoms with Crippen molar-refractivity contribution in [2.75, 3.05) is 0 Å². The van der Waals surface area contributed by atoms with Crippen molar-refractivity contribution < 1.29 is 0 Å². The summed E-state index contributed by atoms with van der Waals surface area (Å²) >= 11 is 0. The Bertz CT molecular complexity index is 191. The van der Waals surface area contributed by atoms with E-state index in [1.54, 1.807) is 0 Å². The topological polar surface area (TPSA) is 23.8 Å². The number of hydrogen-bond acceptors (Lipinski definition) is 1. The summed E-state index contributed by atoms with van der Waals surface area (Å²) in [7, 11) is 0. The van der Waals surface area contributed by atoms with Gasteiger partial charge in [-0.05, 0) is 13.3 Å². The molecule has 0 aromatic carbocycles. The van der Waals surface area contributed by atoms with Crippen LogP contribution in [-0.4, -0.2) is 0 Å². The lowest BCUT2D eigenvalue weighted by Crippen LogP contribution is -1.61. The lowest BCUT2D eigenvalue weighted by atomic mass is 10.3. The quantitative estimate of drug-likeness (QED) is 0.443. The molecular formula is C10H13N. The van der Waals surface area contributed by atoms with Crippen LogP contribution in [0.2, 0.25) is 0 Å². The van der Waals surface area contributed by atoms with Gasteiger partial charge in [-0.1, -0.05) is 36.5 Å². The highest BCUT2D eigenvalue weighted by Crippen LogP contribution is 1.88. The number of rotatable bonds is 4. The molecule has 0 N–H and O–H groups in total. The van der Waals surface area contributed by atoms with Crippen LogP contribution in [0, 0.1) is 11.3 Å². The molecule has 0 atom stereocenters. The van der Waals surface area contributed by atoms with Crippen molar-refractivity contribution in [1.29, 1.82) is 5.26 Å². The Morgan fingerprint density at radius 2 is 1.91 bits per heavy atom. The molecule has 0 heterocycles. The summed E-state index contributed by atoms with van der Waals surface area (Å²) < 4.78 is 0. The van der Waals surface area contributed by atoms with Gasteiger partial charge in [0.05, 0.1) is 6.07 Å². The lowest BCUT2D eigenvalue weighted by Gasteiger charge is -1.77. The first-order valence-corrected chi connectivity index (χ1v) is 3.73. The van der Waals surface area contributed by atoms with E-state index in [2.05, 4.69) is 6.07 Å². The first-order valence-electron chi connectivity index (χ1n) is 3.73. The predicted octanol–water partition coefficient (Wildman–Crippen LogP) is 2.98. The minimum Gasteiger partial charge on any atom is -0.198 e. The lowest BCUT2D eigenvalue weighted by molar-refractivity contribution is 1.06. The highest BCUT2D eigenvalue weighted by Gasteiger charge is 1.73. The molecule has 0 aliphatic rings. The molecular weight excluding hydrogens is 134 g/mol. The molecule has 1 heteroatoms. The van der Waals surface area contributed by atoms with E-state index >= 15 is 0 Å². The summed E-state index contributed by atoms with van der Waals surface area (Å²) in [4.78, 5) is 0. The van der Waals surface area contributed by atoms with Gasteiger partial charge >= 0.3 is 0 Å². The third-order valence-electron chi connectivity index (χ3n) is 1.08. The molecule has 0 aliphatic carbocycles. The second kappa shape index (κ2) is 8.71. The van der Waals surface area contributed by atoms with E-state index in [0.29, 0.717) is 6.42 Å². The van der Waals surface area contributed by atoms with Gasteiger partial charge in [-0.2, -0.15) is 5.26 Å². The molecule has 1 nitrogen and oxygen atoms in total. The normalized spacial score (nSPS) is 11.6. The van der Waals surface area contributed by atoms with Crippen LogP contribution in [0.5, 0.6) is 0 Å². The first-order chi connectivity index (χ1) is 5.41. The highest BCUT2D eigenvalue weighted by atomic mass is 14.2. The van der Waals surface area contributed by atoms with Gasteiger partial charge in [-0.25, -0.2) is 0 Å². The molecule has 0 spiro atoms. The molecule has 58 valence electrons. The zero-order valence-corrected chi connectivity index (χ0v) is 6.83. The van der Waals surface area contributed by atoms with Crippen LogP contribution >= 0.6 is 0 Å². The Labute approximate surface area is 68.3 Å². The van der Waals surface area contributed by atoms with Crippen LogP contribution in [0.15, 0.2) is 36.5 Å². The molecule has 0 saturated heterocycles. The van der Waals surface area contributed by atoms with Gasteiger partial charge in [0, 0.05) is 6.42 Å². The zero-order valence-electron chi connectivity index (χ0n) is 6.83. The van der Waals surface area contributed by atoms with Gasteiger partial charge in [0.2, 0.25) is 0 Å². The number of nitriles is 1. The minimum atomic E-state index is 0.605. The molecule has 0 fully saturated rings. The fourth-order valence-electron chi connectivity index (χ4n) is 0.562. The molecule has 0 amide bonds. The van der Waals surface area contributed by atoms with Gasteiger partial charge in [0.1, 0.15) is 0 Å². The standard InChI is InChI=1S/C10H13N/c1-2-3-4-5-6-7-8-9-10-11/h2-7H,8-9H2,1H3/b3-2+,5-4+,7-6+. The SMILES string of the molecule is C/C=C/C=C/C=C/CCC#N. The van der Waals surface area contributed by atoms with Crippen LogP contribution in [0.3, 0.4) is 0 Å². The largest absolute Gasteiger partial charge is 0.198 e. The minimum absolute atomic E-state index is 0.605. The maximum atomic E-state index is 8.19. The third-order valence-corrected chi connectivity index (χ3v) is 1.08.